The van der Waals surface area contributed by atoms with Gasteiger partial charge in [0.15, 0.2) is 0 Å². The molecule has 0 aliphatic carbocycles. The molecule has 0 aromatic heterocycles. The summed E-state index contributed by atoms with van der Waals surface area (Å²) in [6, 6.07) is 11.5. The van der Waals surface area contributed by atoms with Gasteiger partial charge in [-0.3, -0.25) is 9.59 Å². The lowest BCUT2D eigenvalue weighted by Crippen LogP contribution is -2.30. The van der Waals surface area contributed by atoms with Crippen LogP contribution in [0.2, 0.25) is 0 Å². The Kier molecular flexibility index (Phi) is 7.91. The van der Waals surface area contributed by atoms with Gasteiger partial charge in [-0.25, -0.2) is 8.42 Å². The summed E-state index contributed by atoms with van der Waals surface area (Å²) in [5, 5.41) is 5.32. The summed E-state index contributed by atoms with van der Waals surface area (Å²) in [5.74, 6) is -0.578. The summed E-state index contributed by atoms with van der Waals surface area (Å²) in [6.07, 6.45) is 2.96. The molecule has 2 N–H and O–H groups in total. The maximum absolute atomic E-state index is 12.5. The molecule has 8 heteroatoms. The van der Waals surface area contributed by atoms with Crippen molar-refractivity contribution in [2.75, 3.05) is 25.5 Å². The molecule has 0 atom stereocenters. The molecule has 2 aromatic carbocycles. The van der Waals surface area contributed by atoms with Crippen molar-refractivity contribution < 1.29 is 18.0 Å². The van der Waals surface area contributed by atoms with E-state index in [1.54, 1.807) is 64.2 Å². The highest BCUT2D eigenvalue weighted by molar-refractivity contribution is 7.89. The summed E-state index contributed by atoms with van der Waals surface area (Å²) < 4.78 is 26.4. The zero-order chi connectivity index (χ0) is 22.3. The summed E-state index contributed by atoms with van der Waals surface area (Å²) >= 11 is 0. The maximum Gasteiger partial charge on any atom is 0.251 e. The quantitative estimate of drug-likeness (QED) is 0.631. The predicted octanol–water partition coefficient (Wildman–Crippen LogP) is 3.04. The number of rotatable bonds is 8. The average molecular weight is 430 g/mol. The fourth-order valence-corrected chi connectivity index (χ4v) is 4.42. The third-order valence-electron chi connectivity index (χ3n) is 4.71. The van der Waals surface area contributed by atoms with Crippen molar-refractivity contribution in [3.63, 3.8) is 0 Å². The van der Waals surface area contributed by atoms with Crippen molar-refractivity contribution in [1.29, 1.82) is 0 Å². The number of anilines is 1. The van der Waals surface area contributed by atoms with Crippen LogP contribution in [0, 0.1) is 6.92 Å². The van der Waals surface area contributed by atoms with Crippen LogP contribution in [0.3, 0.4) is 0 Å². The van der Waals surface area contributed by atoms with E-state index in [1.165, 1.54) is 22.5 Å². The summed E-state index contributed by atoms with van der Waals surface area (Å²) in [4.78, 5) is 24.4. The first kappa shape index (κ1) is 23.3. The van der Waals surface area contributed by atoms with E-state index in [4.69, 9.17) is 0 Å². The molecule has 30 heavy (non-hydrogen) atoms. The first-order valence-electron chi connectivity index (χ1n) is 9.65. The van der Waals surface area contributed by atoms with E-state index in [2.05, 4.69) is 10.6 Å². The standard InChI is InChI=1S/C22H27N3O4S/c1-5-25(6-2)30(28,29)18-13-10-17(11-14-18)12-15-21(26)24-20-9-7-8-19(16(20)3)22(27)23-4/h7-15H,5-6H2,1-4H3,(H,23,27)(H,24,26). The van der Waals surface area contributed by atoms with E-state index in [0.29, 0.717) is 35.5 Å². The Bertz CT molecular complexity index is 1040. The van der Waals surface area contributed by atoms with Crippen molar-refractivity contribution in [2.45, 2.75) is 25.7 Å². The van der Waals surface area contributed by atoms with Gasteiger partial charge in [-0.2, -0.15) is 4.31 Å². The molecule has 2 rings (SSSR count). The Labute approximate surface area is 177 Å². The number of nitrogens with zero attached hydrogens (tertiary/aromatic N) is 1. The van der Waals surface area contributed by atoms with Crippen molar-refractivity contribution in [1.82, 2.24) is 9.62 Å². The van der Waals surface area contributed by atoms with Crippen LogP contribution >= 0.6 is 0 Å². The van der Waals surface area contributed by atoms with Crippen LogP contribution in [0.4, 0.5) is 5.69 Å². The van der Waals surface area contributed by atoms with E-state index >= 15 is 0 Å². The molecule has 0 radical (unpaired) electrons. The Hall–Kier alpha value is -2.97. The second-order valence-electron chi connectivity index (χ2n) is 6.54. The van der Waals surface area contributed by atoms with Gasteiger partial charge >= 0.3 is 0 Å². The highest BCUT2D eigenvalue weighted by Gasteiger charge is 2.21. The minimum absolute atomic E-state index is 0.217. The van der Waals surface area contributed by atoms with Crippen LogP contribution in [0.1, 0.15) is 35.3 Å². The van der Waals surface area contributed by atoms with Crippen molar-refractivity contribution in [2.24, 2.45) is 0 Å². The van der Waals surface area contributed by atoms with Crippen LogP contribution in [0.5, 0.6) is 0 Å². The molecular weight excluding hydrogens is 402 g/mol. The lowest BCUT2D eigenvalue weighted by atomic mass is 10.1. The molecule has 0 heterocycles. The van der Waals surface area contributed by atoms with Crippen LogP contribution in [0.25, 0.3) is 6.08 Å². The molecule has 0 saturated heterocycles. The second-order valence-corrected chi connectivity index (χ2v) is 8.48. The van der Waals surface area contributed by atoms with E-state index in [0.717, 1.165) is 0 Å². The van der Waals surface area contributed by atoms with Gasteiger partial charge in [-0.15, -0.1) is 0 Å². The summed E-state index contributed by atoms with van der Waals surface area (Å²) in [5.41, 5.74) is 2.40. The zero-order valence-electron chi connectivity index (χ0n) is 17.6. The number of carbonyl (C=O) groups is 2. The molecule has 0 saturated carbocycles. The predicted molar refractivity (Wildman–Crippen MR) is 119 cm³/mol. The Morgan fingerprint density at radius 2 is 1.67 bits per heavy atom. The topological polar surface area (TPSA) is 95.6 Å². The van der Waals surface area contributed by atoms with Crippen molar-refractivity contribution >= 4 is 33.6 Å². The number of hydrogen-bond acceptors (Lipinski definition) is 4. The molecule has 0 aliphatic rings. The smallest absolute Gasteiger partial charge is 0.251 e. The Morgan fingerprint density at radius 3 is 2.23 bits per heavy atom. The normalized spacial score (nSPS) is 11.6. The SMILES string of the molecule is CCN(CC)S(=O)(=O)c1ccc(C=CC(=O)Nc2cccc(C(=O)NC)c2C)cc1. The van der Waals surface area contributed by atoms with Gasteiger partial charge in [-0.1, -0.05) is 32.0 Å². The minimum Gasteiger partial charge on any atom is -0.355 e. The highest BCUT2D eigenvalue weighted by Crippen LogP contribution is 2.20. The third-order valence-corrected chi connectivity index (χ3v) is 6.78. The fourth-order valence-electron chi connectivity index (χ4n) is 2.96. The average Bonchev–Trinajstić information content (AvgIpc) is 2.74. The molecule has 0 unspecified atom stereocenters. The van der Waals surface area contributed by atoms with Gasteiger partial charge in [-0.05, 0) is 48.4 Å². The van der Waals surface area contributed by atoms with Gasteiger partial charge in [0.05, 0.1) is 4.90 Å². The van der Waals surface area contributed by atoms with Crippen LogP contribution < -0.4 is 10.6 Å². The zero-order valence-corrected chi connectivity index (χ0v) is 18.4. The summed E-state index contributed by atoms with van der Waals surface area (Å²) in [7, 11) is -1.96. The van der Waals surface area contributed by atoms with Crippen LogP contribution in [0.15, 0.2) is 53.4 Å². The molecule has 2 amide bonds. The van der Waals surface area contributed by atoms with Gasteiger partial charge < -0.3 is 10.6 Å². The number of carbonyl (C=O) groups excluding carboxylic acids is 2. The minimum atomic E-state index is -3.51. The Balaban J connectivity index is 2.12. The molecule has 160 valence electrons. The molecule has 0 spiro atoms. The lowest BCUT2D eigenvalue weighted by Gasteiger charge is -2.18. The summed E-state index contributed by atoms with van der Waals surface area (Å²) in [6.45, 7) is 6.16. The first-order chi connectivity index (χ1) is 14.2. The second kappa shape index (κ2) is 10.2. The van der Waals surface area contributed by atoms with Crippen LogP contribution in [-0.2, 0) is 14.8 Å². The first-order valence-corrected chi connectivity index (χ1v) is 11.1. The third kappa shape index (κ3) is 5.34. The van der Waals surface area contributed by atoms with Gasteiger partial charge in [0.1, 0.15) is 0 Å². The number of hydrogen-bond donors (Lipinski definition) is 2. The van der Waals surface area contributed by atoms with Crippen LogP contribution in [-0.4, -0.2) is 44.7 Å². The maximum atomic E-state index is 12.5. The molecule has 7 nitrogen and oxygen atoms in total. The molecule has 2 aromatic rings. The van der Waals surface area contributed by atoms with Gasteiger partial charge in [0, 0.05) is 37.5 Å². The molecule has 0 fully saturated rings. The number of amides is 2. The molecule has 0 aliphatic heterocycles. The van der Waals surface area contributed by atoms with E-state index in [1.807, 2.05) is 0 Å². The monoisotopic (exact) mass is 429 g/mol. The van der Waals surface area contributed by atoms with E-state index in [9.17, 15) is 18.0 Å². The molecule has 0 bridgehead atoms. The van der Waals surface area contributed by atoms with Gasteiger partial charge in [0.25, 0.3) is 5.91 Å². The van der Waals surface area contributed by atoms with E-state index in [-0.39, 0.29) is 16.7 Å². The number of sulfonamides is 1. The number of nitrogens with one attached hydrogen (secondary N) is 2. The Morgan fingerprint density at radius 1 is 1.03 bits per heavy atom. The number of benzene rings is 2. The van der Waals surface area contributed by atoms with Crippen molar-refractivity contribution in [3.8, 4) is 0 Å². The largest absolute Gasteiger partial charge is 0.355 e. The van der Waals surface area contributed by atoms with Gasteiger partial charge in [0.2, 0.25) is 15.9 Å². The van der Waals surface area contributed by atoms with E-state index < -0.39 is 10.0 Å². The lowest BCUT2D eigenvalue weighted by molar-refractivity contribution is -0.111. The molecular formula is C22H27N3O4S. The fraction of sp³-hybridized carbons (Fsp3) is 0.273. The highest BCUT2D eigenvalue weighted by atomic mass is 32.2. The van der Waals surface area contributed by atoms with Crippen molar-refractivity contribution in [3.05, 3.63) is 65.2 Å².